The monoisotopic (exact) mass is 404 g/mol. The molecule has 0 saturated heterocycles. The van der Waals surface area contributed by atoms with E-state index in [0.717, 1.165) is 39.3 Å². The molecule has 29 heavy (non-hydrogen) atoms. The van der Waals surface area contributed by atoms with E-state index >= 15 is 0 Å². The van der Waals surface area contributed by atoms with Gasteiger partial charge in [0.05, 0.1) is 0 Å². The number of thiocarbonyl (C=S) groups is 1. The lowest BCUT2D eigenvalue weighted by molar-refractivity contribution is 0.0501. The van der Waals surface area contributed by atoms with Crippen LogP contribution >= 0.6 is 12.2 Å². The minimum atomic E-state index is 0.245. The molecule has 3 rings (SSSR count). The van der Waals surface area contributed by atoms with Gasteiger partial charge in [0, 0.05) is 12.7 Å². The molecule has 3 aromatic carbocycles. The first kappa shape index (κ1) is 20.8. The molecule has 0 heterocycles. The predicted octanol–water partition coefficient (Wildman–Crippen LogP) is 6.21. The Labute approximate surface area is 177 Å². The molecule has 0 saturated carbocycles. The van der Waals surface area contributed by atoms with Crippen LogP contribution in [0.4, 0.5) is 0 Å². The summed E-state index contributed by atoms with van der Waals surface area (Å²) in [7, 11) is 1.62. The molecule has 0 N–H and O–H groups in total. The molecule has 0 unspecified atom stereocenters. The number of aryl methyl sites for hydroxylation is 2. The third-order valence-corrected chi connectivity index (χ3v) is 4.67. The molecule has 0 radical (unpaired) electrons. The molecule has 0 spiro atoms. The summed E-state index contributed by atoms with van der Waals surface area (Å²) >= 11 is 5.45. The number of para-hydroxylation sites is 1. The van der Waals surface area contributed by atoms with Crippen LogP contribution in [0.5, 0.6) is 11.5 Å². The highest BCUT2D eigenvalue weighted by molar-refractivity contribution is 7.80. The van der Waals surface area contributed by atoms with Crippen molar-refractivity contribution in [2.75, 3.05) is 13.9 Å². The van der Waals surface area contributed by atoms with Crippen molar-refractivity contribution in [2.24, 2.45) is 0 Å². The molecule has 0 atom stereocenters. The molecule has 3 nitrogen and oxygen atoms in total. The van der Waals surface area contributed by atoms with Crippen molar-refractivity contribution in [1.29, 1.82) is 0 Å². The van der Waals surface area contributed by atoms with E-state index in [4.69, 9.17) is 26.4 Å². The van der Waals surface area contributed by atoms with Crippen LogP contribution in [0.3, 0.4) is 0 Å². The van der Waals surface area contributed by atoms with Crippen LogP contribution in [0.25, 0.3) is 12.2 Å². The van der Waals surface area contributed by atoms with Crippen LogP contribution in [0.2, 0.25) is 0 Å². The maximum absolute atomic E-state index is 5.78. The second kappa shape index (κ2) is 10.0. The minimum Gasteiger partial charge on any atom is -0.467 e. The standard InChI is InChI=1S/C25H24O3S/c1-18-14-21(15-19(2)24(18)27-17-26-3)13-12-20-8-7-9-22(16-20)25(29)28-23-10-5-4-6-11-23/h4-16H,17H2,1-3H3. The quantitative estimate of drug-likeness (QED) is 0.266. The summed E-state index contributed by atoms with van der Waals surface area (Å²) in [5, 5.41) is 0.456. The number of hydrogen-bond donors (Lipinski definition) is 0. The van der Waals surface area contributed by atoms with Gasteiger partial charge in [0.1, 0.15) is 11.5 Å². The van der Waals surface area contributed by atoms with Gasteiger partial charge in [-0.1, -0.05) is 48.6 Å². The van der Waals surface area contributed by atoms with Crippen molar-refractivity contribution in [2.45, 2.75) is 13.8 Å². The lowest BCUT2D eigenvalue weighted by Crippen LogP contribution is -2.06. The summed E-state index contributed by atoms with van der Waals surface area (Å²) in [5.74, 6) is 1.61. The topological polar surface area (TPSA) is 27.7 Å². The van der Waals surface area contributed by atoms with Gasteiger partial charge in [-0.25, -0.2) is 0 Å². The van der Waals surface area contributed by atoms with Gasteiger partial charge in [-0.2, -0.15) is 0 Å². The highest BCUT2D eigenvalue weighted by Crippen LogP contribution is 2.26. The number of hydrogen-bond acceptors (Lipinski definition) is 4. The second-order valence-corrected chi connectivity index (χ2v) is 7.07. The Kier molecular flexibility index (Phi) is 7.17. The van der Waals surface area contributed by atoms with E-state index in [1.165, 1.54) is 0 Å². The van der Waals surface area contributed by atoms with E-state index in [-0.39, 0.29) is 6.79 Å². The highest BCUT2D eigenvalue weighted by Gasteiger charge is 2.06. The van der Waals surface area contributed by atoms with Crippen molar-refractivity contribution in [3.63, 3.8) is 0 Å². The normalized spacial score (nSPS) is 10.9. The zero-order valence-corrected chi connectivity index (χ0v) is 17.7. The average molecular weight is 405 g/mol. The summed E-state index contributed by atoms with van der Waals surface area (Å²) in [6, 6.07) is 21.8. The first-order valence-electron chi connectivity index (χ1n) is 9.35. The Hall–Kier alpha value is -2.95. The van der Waals surface area contributed by atoms with E-state index in [0.29, 0.717) is 5.05 Å². The number of ether oxygens (including phenoxy) is 3. The molecular formula is C25H24O3S. The summed E-state index contributed by atoms with van der Waals surface area (Å²) in [6.45, 7) is 4.32. The molecule has 4 heteroatoms. The molecular weight excluding hydrogens is 380 g/mol. The van der Waals surface area contributed by atoms with E-state index < -0.39 is 0 Å². The van der Waals surface area contributed by atoms with Crippen LogP contribution in [-0.2, 0) is 4.74 Å². The summed E-state index contributed by atoms with van der Waals surface area (Å²) in [4.78, 5) is 0. The Morgan fingerprint density at radius 3 is 2.24 bits per heavy atom. The fourth-order valence-electron chi connectivity index (χ4n) is 3.04. The van der Waals surface area contributed by atoms with Crippen LogP contribution < -0.4 is 9.47 Å². The van der Waals surface area contributed by atoms with E-state index in [1.54, 1.807) is 7.11 Å². The first-order chi connectivity index (χ1) is 14.1. The maximum atomic E-state index is 5.78. The molecule has 0 amide bonds. The van der Waals surface area contributed by atoms with Gasteiger partial charge in [-0.15, -0.1) is 0 Å². The van der Waals surface area contributed by atoms with Gasteiger partial charge in [-0.3, -0.25) is 0 Å². The largest absolute Gasteiger partial charge is 0.467 e. The molecule has 0 bridgehead atoms. The molecule has 0 aliphatic carbocycles. The fraction of sp³-hybridized carbons (Fsp3) is 0.160. The third-order valence-electron chi connectivity index (χ3n) is 4.35. The van der Waals surface area contributed by atoms with E-state index in [9.17, 15) is 0 Å². The van der Waals surface area contributed by atoms with Crippen LogP contribution in [0.15, 0.2) is 66.7 Å². The minimum absolute atomic E-state index is 0.245. The average Bonchev–Trinajstić information content (AvgIpc) is 2.73. The lowest BCUT2D eigenvalue weighted by Gasteiger charge is -2.12. The molecule has 0 aliphatic rings. The molecule has 0 aliphatic heterocycles. The third kappa shape index (κ3) is 5.76. The van der Waals surface area contributed by atoms with Crippen LogP contribution in [-0.4, -0.2) is 19.0 Å². The molecule has 0 aromatic heterocycles. The van der Waals surface area contributed by atoms with E-state index in [1.807, 2.05) is 68.4 Å². The van der Waals surface area contributed by atoms with Crippen LogP contribution in [0.1, 0.15) is 27.8 Å². The smallest absolute Gasteiger partial charge is 0.198 e. The van der Waals surface area contributed by atoms with Gasteiger partial charge in [0.25, 0.3) is 0 Å². The van der Waals surface area contributed by atoms with Crippen molar-refractivity contribution in [1.82, 2.24) is 0 Å². The number of rotatable bonds is 7. The van der Waals surface area contributed by atoms with Crippen LogP contribution in [0, 0.1) is 13.8 Å². The molecule has 148 valence electrons. The summed E-state index contributed by atoms with van der Waals surface area (Å²) in [5.41, 5.74) is 5.19. The Morgan fingerprint density at radius 1 is 0.862 bits per heavy atom. The lowest BCUT2D eigenvalue weighted by atomic mass is 10.0. The Morgan fingerprint density at radius 2 is 1.55 bits per heavy atom. The highest BCUT2D eigenvalue weighted by atomic mass is 32.1. The molecule has 3 aromatic rings. The predicted molar refractivity (Wildman–Crippen MR) is 123 cm³/mol. The number of benzene rings is 3. The Balaban J connectivity index is 1.74. The zero-order chi connectivity index (χ0) is 20.6. The number of methoxy groups -OCH3 is 1. The summed E-state index contributed by atoms with van der Waals surface area (Å²) < 4.78 is 16.4. The van der Waals surface area contributed by atoms with Gasteiger partial charge in [-0.05, 0) is 78.7 Å². The zero-order valence-electron chi connectivity index (χ0n) is 16.8. The van der Waals surface area contributed by atoms with Crippen molar-refractivity contribution in [3.8, 4) is 11.5 Å². The molecule has 0 fully saturated rings. The fourth-order valence-corrected chi connectivity index (χ4v) is 3.26. The van der Waals surface area contributed by atoms with Crippen molar-refractivity contribution >= 4 is 29.4 Å². The summed E-state index contributed by atoms with van der Waals surface area (Å²) in [6.07, 6.45) is 4.15. The van der Waals surface area contributed by atoms with E-state index in [2.05, 4.69) is 24.3 Å². The van der Waals surface area contributed by atoms with Crippen molar-refractivity contribution in [3.05, 3.63) is 94.5 Å². The SMILES string of the molecule is COCOc1c(C)cc(C=Cc2cccc(C(=S)Oc3ccccc3)c2)cc1C. The Bertz CT molecular complexity index is 987. The van der Waals surface area contributed by atoms with Gasteiger partial charge in [0.2, 0.25) is 0 Å². The maximum Gasteiger partial charge on any atom is 0.198 e. The van der Waals surface area contributed by atoms with Gasteiger partial charge in [0.15, 0.2) is 11.8 Å². The van der Waals surface area contributed by atoms with Gasteiger partial charge < -0.3 is 14.2 Å². The second-order valence-electron chi connectivity index (χ2n) is 6.70. The first-order valence-corrected chi connectivity index (χ1v) is 9.76. The van der Waals surface area contributed by atoms with Gasteiger partial charge >= 0.3 is 0 Å². The van der Waals surface area contributed by atoms with Crippen molar-refractivity contribution < 1.29 is 14.2 Å².